The normalized spacial score (nSPS) is 11.1. The summed E-state index contributed by atoms with van der Waals surface area (Å²) >= 11 is 9.24. The number of hydrogen-bond donors (Lipinski definition) is 1. The van der Waals surface area contributed by atoms with Gasteiger partial charge in [-0.3, -0.25) is 0 Å². The number of nitrogens with one attached hydrogen (secondary N) is 1. The minimum Gasteiger partial charge on any atom is -0.444 e. The maximum atomic E-state index is 11.4. The topological polar surface area (TPSA) is 38.3 Å². The van der Waals surface area contributed by atoms with E-state index < -0.39 is 11.7 Å². The van der Waals surface area contributed by atoms with Gasteiger partial charge in [0.1, 0.15) is 5.60 Å². The number of benzene rings is 1. The van der Waals surface area contributed by atoms with Crippen molar-refractivity contribution in [2.24, 2.45) is 0 Å². The summed E-state index contributed by atoms with van der Waals surface area (Å²) in [7, 11) is 0. The highest BCUT2D eigenvalue weighted by molar-refractivity contribution is 9.10. The average molecular weight is 321 g/mol. The van der Waals surface area contributed by atoms with E-state index in [1.54, 1.807) is 12.1 Å². The van der Waals surface area contributed by atoms with Crippen molar-refractivity contribution in [1.29, 1.82) is 0 Å². The summed E-state index contributed by atoms with van der Waals surface area (Å²) in [5, 5.41) is 3.29. The van der Waals surface area contributed by atoms with Crippen molar-refractivity contribution >= 4 is 33.6 Å². The fraction of sp³-hybridized carbons (Fsp3) is 0.417. The molecule has 0 bridgehead atoms. The van der Waals surface area contributed by atoms with E-state index >= 15 is 0 Å². The largest absolute Gasteiger partial charge is 0.444 e. The predicted octanol–water partition coefficient (Wildman–Crippen LogP) is 4.13. The second-order valence-corrected chi connectivity index (χ2v) is 5.99. The highest BCUT2D eigenvalue weighted by Gasteiger charge is 2.15. The van der Waals surface area contributed by atoms with E-state index in [9.17, 15) is 4.79 Å². The zero-order chi connectivity index (χ0) is 13.1. The summed E-state index contributed by atoms with van der Waals surface area (Å²) < 4.78 is 6.01. The quantitative estimate of drug-likeness (QED) is 0.890. The lowest BCUT2D eigenvalue weighted by Gasteiger charge is -2.19. The molecular formula is C12H15BrClNO2. The molecule has 0 saturated heterocycles. The van der Waals surface area contributed by atoms with E-state index in [2.05, 4.69) is 21.2 Å². The highest BCUT2D eigenvalue weighted by Crippen LogP contribution is 2.19. The molecule has 0 saturated carbocycles. The molecule has 0 fully saturated rings. The van der Waals surface area contributed by atoms with Crippen LogP contribution in [0, 0.1) is 0 Å². The van der Waals surface area contributed by atoms with Crippen molar-refractivity contribution in [2.45, 2.75) is 32.9 Å². The molecule has 0 atom stereocenters. The fourth-order valence-corrected chi connectivity index (χ4v) is 2.13. The van der Waals surface area contributed by atoms with Crippen LogP contribution in [0.3, 0.4) is 0 Å². The van der Waals surface area contributed by atoms with Crippen molar-refractivity contribution in [1.82, 2.24) is 5.32 Å². The smallest absolute Gasteiger partial charge is 0.407 e. The van der Waals surface area contributed by atoms with Crippen LogP contribution in [-0.2, 0) is 11.3 Å². The second kappa shape index (κ2) is 5.74. The minimum atomic E-state index is -0.487. The first-order chi connectivity index (χ1) is 7.76. The third-order valence-corrected chi connectivity index (χ3v) is 2.43. The molecule has 0 aromatic heterocycles. The van der Waals surface area contributed by atoms with Gasteiger partial charge in [0.15, 0.2) is 0 Å². The number of carbonyl (C=O) groups is 1. The van der Waals surface area contributed by atoms with E-state index in [-0.39, 0.29) is 0 Å². The number of halogens is 2. The molecule has 0 spiro atoms. The van der Waals surface area contributed by atoms with Gasteiger partial charge in [0.2, 0.25) is 0 Å². The molecule has 0 aliphatic carbocycles. The standard InChI is InChI=1S/C12H15BrClNO2/c1-12(2,3)17-11(16)15-7-8-4-9(13)6-10(14)5-8/h4-6H,7H2,1-3H3,(H,15,16). The second-order valence-electron chi connectivity index (χ2n) is 4.63. The van der Waals surface area contributed by atoms with Crippen LogP contribution in [-0.4, -0.2) is 11.7 Å². The van der Waals surface area contributed by atoms with Crippen LogP contribution in [0.1, 0.15) is 26.3 Å². The monoisotopic (exact) mass is 319 g/mol. The Hall–Kier alpha value is -0.740. The maximum Gasteiger partial charge on any atom is 0.407 e. The molecule has 0 unspecified atom stereocenters. The van der Waals surface area contributed by atoms with E-state index in [4.69, 9.17) is 16.3 Å². The number of rotatable bonds is 2. The molecule has 1 amide bonds. The summed E-state index contributed by atoms with van der Waals surface area (Å²) in [5.41, 5.74) is 0.425. The van der Waals surface area contributed by atoms with Crippen LogP contribution in [0.5, 0.6) is 0 Å². The summed E-state index contributed by atoms with van der Waals surface area (Å²) in [5.74, 6) is 0. The molecule has 94 valence electrons. The number of amides is 1. The van der Waals surface area contributed by atoms with Gasteiger partial charge in [0.05, 0.1) is 0 Å². The van der Waals surface area contributed by atoms with Crippen molar-refractivity contribution in [3.05, 3.63) is 33.3 Å². The third-order valence-electron chi connectivity index (χ3n) is 1.76. The minimum absolute atomic E-state index is 0.383. The SMILES string of the molecule is CC(C)(C)OC(=O)NCc1cc(Cl)cc(Br)c1. The zero-order valence-electron chi connectivity index (χ0n) is 10.0. The Labute approximate surface area is 115 Å². The summed E-state index contributed by atoms with van der Waals surface area (Å²) in [6.07, 6.45) is -0.436. The zero-order valence-corrected chi connectivity index (χ0v) is 12.4. The van der Waals surface area contributed by atoms with Crippen molar-refractivity contribution in [3.63, 3.8) is 0 Å². The number of carbonyl (C=O) groups excluding carboxylic acids is 1. The van der Waals surface area contributed by atoms with Crippen LogP contribution in [0.4, 0.5) is 4.79 Å². The van der Waals surface area contributed by atoms with Gasteiger partial charge in [-0.25, -0.2) is 4.79 Å². The van der Waals surface area contributed by atoms with E-state index in [0.717, 1.165) is 10.0 Å². The van der Waals surface area contributed by atoms with Gasteiger partial charge >= 0.3 is 6.09 Å². The summed E-state index contributed by atoms with van der Waals surface area (Å²) in [4.78, 5) is 11.4. The lowest BCUT2D eigenvalue weighted by atomic mass is 10.2. The summed E-state index contributed by atoms with van der Waals surface area (Å²) in [6, 6.07) is 5.48. The summed E-state index contributed by atoms with van der Waals surface area (Å²) in [6.45, 7) is 5.85. The first kappa shape index (κ1) is 14.3. The first-order valence-electron chi connectivity index (χ1n) is 5.18. The van der Waals surface area contributed by atoms with Crippen LogP contribution in [0.15, 0.2) is 22.7 Å². The lowest BCUT2D eigenvalue weighted by molar-refractivity contribution is 0.0523. The van der Waals surface area contributed by atoms with E-state index in [1.165, 1.54) is 0 Å². The van der Waals surface area contributed by atoms with Gasteiger partial charge in [0.25, 0.3) is 0 Å². The first-order valence-corrected chi connectivity index (χ1v) is 6.35. The van der Waals surface area contributed by atoms with Crippen LogP contribution >= 0.6 is 27.5 Å². The molecular weight excluding hydrogens is 305 g/mol. The molecule has 1 aromatic carbocycles. The number of ether oxygens (including phenoxy) is 1. The molecule has 1 N–H and O–H groups in total. The highest BCUT2D eigenvalue weighted by atomic mass is 79.9. The van der Waals surface area contributed by atoms with Crippen LogP contribution < -0.4 is 5.32 Å². The molecule has 0 aliphatic rings. The Bertz CT molecular complexity index is 395. The van der Waals surface area contributed by atoms with Gasteiger partial charge in [-0.2, -0.15) is 0 Å². The maximum absolute atomic E-state index is 11.4. The van der Waals surface area contributed by atoms with Crippen molar-refractivity contribution in [3.8, 4) is 0 Å². The van der Waals surface area contributed by atoms with E-state index in [1.807, 2.05) is 26.8 Å². The fourth-order valence-electron chi connectivity index (χ4n) is 1.20. The van der Waals surface area contributed by atoms with E-state index in [0.29, 0.717) is 11.6 Å². The lowest BCUT2D eigenvalue weighted by Crippen LogP contribution is -2.32. The molecule has 3 nitrogen and oxygen atoms in total. The predicted molar refractivity (Wildman–Crippen MR) is 72.2 cm³/mol. The Morgan fingerprint density at radius 3 is 2.59 bits per heavy atom. The Kier molecular flexibility index (Phi) is 4.83. The number of hydrogen-bond acceptors (Lipinski definition) is 2. The Morgan fingerprint density at radius 1 is 1.41 bits per heavy atom. The molecule has 5 heteroatoms. The van der Waals surface area contributed by atoms with Gasteiger partial charge in [-0.05, 0) is 44.5 Å². The molecule has 0 aliphatic heterocycles. The Morgan fingerprint density at radius 2 is 2.06 bits per heavy atom. The van der Waals surface area contributed by atoms with Crippen molar-refractivity contribution in [2.75, 3.05) is 0 Å². The molecule has 0 radical (unpaired) electrons. The van der Waals surface area contributed by atoms with Gasteiger partial charge in [0, 0.05) is 16.0 Å². The molecule has 0 heterocycles. The average Bonchev–Trinajstić information content (AvgIpc) is 2.10. The number of alkyl carbamates (subject to hydrolysis) is 1. The molecule has 1 rings (SSSR count). The Balaban J connectivity index is 2.53. The van der Waals surface area contributed by atoms with Crippen LogP contribution in [0.2, 0.25) is 5.02 Å². The van der Waals surface area contributed by atoms with Crippen LogP contribution in [0.25, 0.3) is 0 Å². The molecule has 17 heavy (non-hydrogen) atoms. The van der Waals surface area contributed by atoms with Gasteiger partial charge in [-0.15, -0.1) is 0 Å². The molecule has 1 aromatic rings. The van der Waals surface area contributed by atoms with Gasteiger partial charge < -0.3 is 10.1 Å². The van der Waals surface area contributed by atoms with Crippen molar-refractivity contribution < 1.29 is 9.53 Å². The van der Waals surface area contributed by atoms with Gasteiger partial charge in [-0.1, -0.05) is 27.5 Å². The third kappa shape index (κ3) is 5.94.